The largest absolute Gasteiger partial charge is 0.440 e. The van der Waals surface area contributed by atoms with Gasteiger partial charge in [-0.3, -0.25) is 14.9 Å². The molecule has 0 atom stereocenters. The summed E-state index contributed by atoms with van der Waals surface area (Å²) in [6.07, 6.45) is 0. The first-order chi connectivity index (χ1) is 12.7. The van der Waals surface area contributed by atoms with Gasteiger partial charge in [0.05, 0.1) is 10.5 Å². The van der Waals surface area contributed by atoms with Gasteiger partial charge in [-0.25, -0.2) is 4.98 Å². The fraction of sp³-hybridized carbons (Fsp3) is 0.263. The number of carbonyl (C=O) groups is 1. The number of amides is 1. The highest BCUT2D eigenvalue weighted by atomic mass is 16.6. The average Bonchev–Trinajstić information content (AvgIpc) is 3.04. The van der Waals surface area contributed by atoms with Crippen molar-refractivity contribution in [2.45, 2.75) is 26.2 Å². The van der Waals surface area contributed by atoms with Crippen LogP contribution < -0.4 is 10.6 Å². The summed E-state index contributed by atoms with van der Waals surface area (Å²) in [5, 5.41) is 16.6. The molecule has 1 aromatic heterocycles. The van der Waals surface area contributed by atoms with E-state index in [1.807, 2.05) is 20.8 Å². The second-order valence-electron chi connectivity index (χ2n) is 7.14. The van der Waals surface area contributed by atoms with Crippen LogP contribution in [0.3, 0.4) is 0 Å². The van der Waals surface area contributed by atoms with E-state index < -0.39 is 10.8 Å². The topological polar surface area (TPSA) is 110 Å². The van der Waals surface area contributed by atoms with Crippen LogP contribution >= 0.6 is 0 Å². The fourth-order valence-corrected chi connectivity index (χ4v) is 2.58. The zero-order valence-electron chi connectivity index (χ0n) is 15.5. The summed E-state index contributed by atoms with van der Waals surface area (Å²) in [4.78, 5) is 27.6. The highest BCUT2D eigenvalue weighted by Crippen LogP contribution is 2.28. The lowest BCUT2D eigenvalue weighted by molar-refractivity contribution is -0.384. The number of benzene rings is 2. The van der Waals surface area contributed by atoms with E-state index >= 15 is 0 Å². The third-order valence-electron chi connectivity index (χ3n) is 4.01. The van der Waals surface area contributed by atoms with E-state index in [4.69, 9.17) is 4.42 Å². The van der Waals surface area contributed by atoms with Crippen LogP contribution in [-0.2, 0) is 5.41 Å². The van der Waals surface area contributed by atoms with Crippen LogP contribution in [0.2, 0.25) is 0 Å². The van der Waals surface area contributed by atoms with Gasteiger partial charge in [0, 0.05) is 36.0 Å². The summed E-state index contributed by atoms with van der Waals surface area (Å²) in [5.41, 5.74) is 2.08. The number of nitro benzene ring substituents is 1. The number of nitrogens with zero attached hydrogens (tertiary/aromatic N) is 2. The Morgan fingerprint density at radius 1 is 1.19 bits per heavy atom. The minimum absolute atomic E-state index is 0.152. The minimum Gasteiger partial charge on any atom is -0.440 e. The molecule has 0 aliphatic heterocycles. The summed E-state index contributed by atoms with van der Waals surface area (Å²) in [7, 11) is 1.65. The summed E-state index contributed by atoms with van der Waals surface area (Å²) < 4.78 is 5.75. The number of rotatable bonds is 4. The minimum atomic E-state index is -0.536. The highest BCUT2D eigenvalue weighted by Gasteiger charge is 2.21. The average molecular weight is 368 g/mol. The number of fused-ring (bicyclic) bond motifs is 1. The smallest absolute Gasteiger partial charge is 0.270 e. The highest BCUT2D eigenvalue weighted by molar-refractivity contribution is 6.09. The summed E-state index contributed by atoms with van der Waals surface area (Å²) in [6.45, 7) is 6.01. The number of oxazole rings is 1. The van der Waals surface area contributed by atoms with Crippen molar-refractivity contribution in [2.75, 3.05) is 17.7 Å². The summed E-state index contributed by atoms with van der Waals surface area (Å²) in [5.74, 6) is 0.152. The molecule has 3 rings (SSSR count). The molecule has 140 valence electrons. The predicted octanol–water partition coefficient (Wildman–Crippen LogP) is 4.33. The van der Waals surface area contributed by atoms with Gasteiger partial charge in [-0.2, -0.15) is 0 Å². The van der Waals surface area contributed by atoms with Crippen molar-refractivity contribution in [3.8, 4) is 0 Å². The van der Waals surface area contributed by atoms with E-state index in [1.165, 1.54) is 18.2 Å². The lowest BCUT2D eigenvalue weighted by Gasteiger charge is -2.11. The monoisotopic (exact) mass is 368 g/mol. The Labute approximate surface area is 155 Å². The van der Waals surface area contributed by atoms with Crippen molar-refractivity contribution in [3.05, 3.63) is 58.0 Å². The Hall–Kier alpha value is -3.42. The molecule has 27 heavy (non-hydrogen) atoms. The van der Waals surface area contributed by atoms with Crippen LogP contribution in [0.5, 0.6) is 0 Å². The lowest BCUT2D eigenvalue weighted by Crippen LogP contribution is -2.14. The van der Waals surface area contributed by atoms with Gasteiger partial charge in [0.15, 0.2) is 5.58 Å². The number of carbonyl (C=O) groups excluding carboxylic acids is 1. The van der Waals surface area contributed by atoms with Gasteiger partial charge < -0.3 is 15.1 Å². The van der Waals surface area contributed by atoms with Crippen molar-refractivity contribution < 1.29 is 14.1 Å². The quantitative estimate of drug-likeness (QED) is 0.524. The van der Waals surface area contributed by atoms with Crippen molar-refractivity contribution in [1.82, 2.24) is 4.98 Å². The van der Waals surface area contributed by atoms with Gasteiger partial charge in [-0.05, 0) is 24.3 Å². The van der Waals surface area contributed by atoms with Crippen LogP contribution in [0.25, 0.3) is 11.1 Å². The first-order valence-electron chi connectivity index (χ1n) is 8.37. The van der Waals surface area contributed by atoms with E-state index in [-0.39, 0.29) is 16.7 Å². The van der Waals surface area contributed by atoms with Crippen LogP contribution in [0, 0.1) is 10.1 Å². The normalized spacial score (nSPS) is 11.4. The van der Waals surface area contributed by atoms with E-state index in [9.17, 15) is 14.9 Å². The molecule has 0 saturated carbocycles. The van der Waals surface area contributed by atoms with Gasteiger partial charge in [-0.1, -0.05) is 20.8 Å². The molecule has 2 aromatic carbocycles. The summed E-state index contributed by atoms with van der Waals surface area (Å²) >= 11 is 0. The molecule has 0 aliphatic carbocycles. The molecule has 0 saturated heterocycles. The molecule has 0 unspecified atom stereocenters. The van der Waals surface area contributed by atoms with Crippen molar-refractivity contribution >= 4 is 34.1 Å². The van der Waals surface area contributed by atoms with Crippen molar-refractivity contribution in [1.29, 1.82) is 0 Å². The van der Waals surface area contributed by atoms with Gasteiger partial charge in [-0.15, -0.1) is 0 Å². The number of non-ortho nitro benzene ring substituents is 1. The van der Waals surface area contributed by atoms with Crippen molar-refractivity contribution in [3.63, 3.8) is 0 Å². The molecule has 0 spiro atoms. The van der Waals surface area contributed by atoms with Crippen LogP contribution in [-0.4, -0.2) is 22.9 Å². The first-order valence-corrected chi connectivity index (χ1v) is 8.37. The maximum atomic E-state index is 12.7. The van der Waals surface area contributed by atoms with Gasteiger partial charge in [0.25, 0.3) is 11.6 Å². The number of nitrogens with one attached hydrogen (secondary N) is 2. The first kappa shape index (κ1) is 18.4. The van der Waals surface area contributed by atoms with Crippen molar-refractivity contribution in [2.24, 2.45) is 0 Å². The molecule has 8 heteroatoms. The van der Waals surface area contributed by atoms with Crippen LogP contribution in [0.4, 0.5) is 17.1 Å². The molecular weight excluding hydrogens is 348 g/mol. The molecule has 0 aliphatic rings. The number of hydrogen-bond acceptors (Lipinski definition) is 6. The number of anilines is 2. The Balaban J connectivity index is 1.92. The van der Waals surface area contributed by atoms with Crippen LogP contribution in [0.15, 0.2) is 40.8 Å². The molecule has 0 radical (unpaired) electrons. The Bertz CT molecular complexity index is 1030. The Morgan fingerprint density at radius 3 is 2.56 bits per heavy atom. The van der Waals surface area contributed by atoms with E-state index in [2.05, 4.69) is 15.6 Å². The number of aromatic nitrogens is 1. The maximum Gasteiger partial charge on any atom is 0.270 e. The van der Waals surface area contributed by atoms with E-state index in [0.29, 0.717) is 28.4 Å². The Kier molecular flexibility index (Phi) is 4.57. The molecular formula is C19H20N4O4. The number of nitro groups is 1. The summed E-state index contributed by atoms with van der Waals surface area (Å²) in [6, 6.07) is 9.24. The molecule has 3 aromatic rings. The SMILES string of the molecule is CNc1ccc([N+](=O)[O-])cc1C(=O)Nc1ccc2oc(C(C)(C)C)nc2c1. The van der Waals surface area contributed by atoms with E-state index in [1.54, 1.807) is 25.2 Å². The predicted molar refractivity (Wildman–Crippen MR) is 103 cm³/mol. The molecule has 1 heterocycles. The lowest BCUT2D eigenvalue weighted by atomic mass is 9.97. The van der Waals surface area contributed by atoms with Gasteiger partial charge in [0.2, 0.25) is 5.89 Å². The standard InChI is InChI=1S/C19H20N4O4/c1-19(2,3)18-22-15-9-11(5-8-16(15)27-18)21-17(24)13-10-12(23(25)26)6-7-14(13)20-4/h5-10,20H,1-4H3,(H,21,24). The van der Waals surface area contributed by atoms with Gasteiger partial charge >= 0.3 is 0 Å². The zero-order valence-corrected chi connectivity index (χ0v) is 15.5. The zero-order chi connectivity index (χ0) is 19.8. The second-order valence-corrected chi connectivity index (χ2v) is 7.14. The van der Waals surface area contributed by atoms with Gasteiger partial charge in [0.1, 0.15) is 5.52 Å². The molecule has 1 amide bonds. The second kappa shape index (κ2) is 6.71. The van der Waals surface area contributed by atoms with Crippen LogP contribution in [0.1, 0.15) is 37.0 Å². The number of hydrogen-bond donors (Lipinski definition) is 2. The third kappa shape index (κ3) is 3.74. The molecule has 8 nitrogen and oxygen atoms in total. The Morgan fingerprint density at radius 2 is 1.93 bits per heavy atom. The fourth-order valence-electron chi connectivity index (χ4n) is 2.58. The molecule has 0 fully saturated rings. The van der Waals surface area contributed by atoms with E-state index in [0.717, 1.165) is 0 Å². The maximum absolute atomic E-state index is 12.7. The molecule has 2 N–H and O–H groups in total. The molecule has 0 bridgehead atoms. The third-order valence-corrected chi connectivity index (χ3v) is 4.01.